The maximum atomic E-state index is 10.4. The summed E-state index contributed by atoms with van der Waals surface area (Å²) >= 11 is 0. The Bertz CT molecular complexity index is 121. The third-order valence-electron chi connectivity index (χ3n) is 1.36. The van der Waals surface area contributed by atoms with Gasteiger partial charge in [-0.1, -0.05) is 0 Å². The largest absolute Gasteiger partial charge is 0.373 e. The molecule has 57 valence electrons. The summed E-state index contributed by atoms with van der Waals surface area (Å²) in [5.74, 6) is -0.282. The first-order valence-electron chi connectivity index (χ1n) is 3.23. The molecule has 4 nitrogen and oxygen atoms in total. The minimum absolute atomic E-state index is 0.282. The van der Waals surface area contributed by atoms with E-state index >= 15 is 0 Å². The smallest absolute Gasteiger partial charge is 0.231 e. The van der Waals surface area contributed by atoms with Crippen LogP contribution in [0.3, 0.4) is 0 Å². The average Bonchev–Trinajstić information content (AvgIpc) is 1.88. The summed E-state index contributed by atoms with van der Waals surface area (Å²) in [4.78, 5) is 12.3. The highest BCUT2D eigenvalue weighted by Crippen LogP contribution is 1.97. The van der Waals surface area contributed by atoms with E-state index < -0.39 is 0 Å². The SMILES string of the molecule is NC(=O)CN1C[CH]OCC1. The molecule has 1 heterocycles. The molecule has 0 spiro atoms. The van der Waals surface area contributed by atoms with Crippen molar-refractivity contribution in [2.45, 2.75) is 0 Å². The van der Waals surface area contributed by atoms with Gasteiger partial charge in [-0.05, 0) is 0 Å². The van der Waals surface area contributed by atoms with Crippen molar-refractivity contribution in [1.82, 2.24) is 4.90 Å². The standard InChI is InChI=1S/C6H11N2O2/c7-6(9)5-8-1-3-10-4-2-8/h3H,1-2,4-5H2,(H2,7,9). The number of hydrogen-bond acceptors (Lipinski definition) is 3. The van der Waals surface area contributed by atoms with Gasteiger partial charge in [0, 0.05) is 13.1 Å². The molecule has 0 saturated carbocycles. The van der Waals surface area contributed by atoms with Gasteiger partial charge in [-0.3, -0.25) is 9.69 Å². The van der Waals surface area contributed by atoms with Crippen molar-refractivity contribution in [1.29, 1.82) is 0 Å². The first-order valence-corrected chi connectivity index (χ1v) is 3.23. The summed E-state index contributed by atoms with van der Waals surface area (Å²) in [6.07, 6.45) is 0. The molecule has 1 aliphatic rings. The van der Waals surface area contributed by atoms with Gasteiger partial charge in [0.15, 0.2) is 0 Å². The van der Waals surface area contributed by atoms with Crippen LogP contribution in [0.1, 0.15) is 0 Å². The third kappa shape index (κ3) is 2.33. The van der Waals surface area contributed by atoms with Gasteiger partial charge in [-0.15, -0.1) is 0 Å². The Kier molecular flexibility index (Phi) is 2.65. The van der Waals surface area contributed by atoms with Crippen LogP contribution >= 0.6 is 0 Å². The van der Waals surface area contributed by atoms with Gasteiger partial charge < -0.3 is 10.5 Å². The fourth-order valence-corrected chi connectivity index (χ4v) is 0.879. The van der Waals surface area contributed by atoms with E-state index in [1.165, 1.54) is 0 Å². The summed E-state index contributed by atoms with van der Waals surface area (Å²) in [7, 11) is 0. The molecule has 1 amide bonds. The predicted octanol–water partition coefficient (Wildman–Crippen LogP) is -1.03. The van der Waals surface area contributed by atoms with Gasteiger partial charge in [-0.25, -0.2) is 0 Å². The van der Waals surface area contributed by atoms with E-state index in [-0.39, 0.29) is 5.91 Å². The molecule has 0 aromatic heterocycles. The van der Waals surface area contributed by atoms with Gasteiger partial charge in [0.05, 0.1) is 19.8 Å². The van der Waals surface area contributed by atoms with Crippen LogP contribution in [0.4, 0.5) is 0 Å². The highest BCUT2D eigenvalue weighted by atomic mass is 16.5. The van der Waals surface area contributed by atoms with E-state index in [1.54, 1.807) is 6.61 Å². The number of morpholine rings is 1. The van der Waals surface area contributed by atoms with Gasteiger partial charge in [-0.2, -0.15) is 0 Å². The second-order valence-corrected chi connectivity index (χ2v) is 2.24. The minimum Gasteiger partial charge on any atom is -0.373 e. The van der Waals surface area contributed by atoms with E-state index in [0.717, 1.165) is 6.54 Å². The summed E-state index contributed by atoms with van der Waals surface area (Å²) in [6.45, 7) is 4.17. The van der Waals surface area contributed by atoms with E-state index in [2.05, 4.69) is 0 Å². The third-order valence-corrected chi connectivity index (χ3v) is 1.36. The van der Waals surface area contributed by atoms with Gasteiger partial charge >= 0.3 is 0 Å². The number of ether oxygens (including phenoxy) is 1. The molecule has 0 bridgehead atoms. The van der Waals surface area contributed by atoms with E-state index in [4.69, 9.17) is 10.5 Å². The Morgan fingerprint density at radius 2 is 2.60 bits per heavy atom. The Balaban J connectivity index is 2.19. The van der Waals surface area contributed by atoms with Crippen LogP contribution in [0, 0.1) is 6.61 Å². The molecule has 1 aliphatic heterocycles. The van der Waals surface area contributed by atoms with Crippen molar-refractivity contribution >= 4 is 5.91 Å². The molecule has 0 aliphatic carbocycles. The molecule has 1 saturated heterocycles. The predicted molar refractivity (Wildman–Crippen MR) is 35.9 cm³/mol. The first-order chi connectivity index (χ1) is 4.79. The summed E-state index contributed by atoms with van der Waals surface area (Å²) in [5.41, 5.74) is 4.99. The van der Waals surface area contributed by atoms with Crippen LogP contribution in [-0.4, -0.2) is 37.0 Å². The first kappa shape index (κ1) is 7.50. The molecule has 0 aromatic carbocycles. The molecule has 0 unspecified atom stereocenters. The number of amides is 1. The summed E-state index contributed by atoms with van der Waals surface area (Å²) < 4.78 is 4.96. The second kappa shape index (κ2) is 3.53. The minimum atomic E-state index is -0.282. The van der Waals surface area contributed by atoms with Crippen LogP contribution in [0.15, 0.2) is 0 Å². The Morgan fingerprint density at radius 1 is 1.80 bits per heavy atom. The Morgan fingerprint density at radius 3 is 3.10 bits per heavy atom. The molecule has 10 heavy (non-hydrogen) atoms. The van der Waals surface area contributed by atoms with E-state index in [0.29, 0.717) is 19.7 Å². The lowest BCUT2D eigenvalue weighted by atomic mass is 10.4. The van der Waals surface area contributed by atoms with Crippen LogP contribution in [0.5, 0.6) is 0 Å². The molecule has 0 aromatic rings. The summed E-state index contributed by atoms with van der Waals surface area (Å²) in [6, 6.07) is 0. The van der Waals surface area contributed by atoms with Gasteiger partial charge in [0.25, 0.3) is 0 Å². The number of rotatable bonds is 2. The fourth-order valence-electron chi connectivity index (χ4n) is 0.879. The van der Waals surface area contributed by atoms with Crippen molar-refractivity contribution in [3.8, 4) is 0 Å². The number of nitrogens with zero attached hydrogens (tertiary/aromatic N) is 1. The lowest BCUT2D eigenvalue weighted by Crippen LogP contribution is -2.39. The zero-order chi connectivity index (χ0) is 7.40. The lowest BCUT2D eigenvalue weighted by molar-refractivity contribution is -0.119. The highest BCUT2D eigenvalue weighted by Gasteiger charge is 2.11. The Hall–Kier alpha value is -0.610. The quantitative estimate of drug-likeness (QED) is 0.537. The lowest BCUT2D eigenvalue weighted by Gasteiger charge is -2.24. The fraction of sp³-hybridized carbons (Fsp3) is 0.667. The maximum absolute atomic E-state index is 10.4. The number of nitrogens with two attached hydrogens (primary N) is 1. The molecule has 1 rings (SSSR count). The number of carbonyl (C=O) groups is 1. The summed E-state index contributed by atoms with van der Waals surface area (Å²) in [5, 5.41) is 0. The topological polar surface area (TPSA) is 55.6 Å². The second-order valence-electron chi connectivity index (χ2n) is 2.24. The number of hydrogen-bond donors (Lipinski definition) is 1. The zero-order valence-corrected chi connectivity index (χ0v) is 5.75. The van der Waals surface area contributed by atoms with Crippen molar-refractivity contribution in [3.63, 3.8) is 0 Å². The number of carbonyl (C=O) groups excluding carboxylic acids is 1. The zero-order valence-electron chi connectivity index (χ0n) is 5.75. The van der Waals surface area contributed by atoms with Crippen LogP contribution in [0.2, 0.25) is 0 Å². The van der Waals surface area contributed by atoms with Crippen LogP contribution in [-0.2, 0) is 9.53 Å². The van der Waals surface area contributed by atoms with Gasteiger partial charge in [0.1, 0.15) is 0 Å². The van der Waals surface area contributed by atoms with Crippen molar-refractivity contribution in [3.05, 3.63) is 6.61 Å². The van der Waals surface area contributed by atoms with Crippen LogP contribution in [0.25, 0.3) is 0 Å². The van der Waals surface area contributed by atoms with E-state index in [9.17, 15) is 4.79 Å². The Labute approximate surface area is 59.9 Å². The molecule has 0 atom stereocenters. The molecular weight excluding hydrogens is 132 g/mol. The monoisotopic (exact) mass is 143 g/mol. The van der Waals surface area contributed by atoms with Crippen molar-refractivity contribution in [2.24, 2.45) is 5.73 Å². The highest BCUT2D eigenvalue weighted by molar-refractivity contribution is 5.75. The van der Waals surface area contributed by atoms with Crippen molar-refractivity contribution < 1.29 is 9.53 Å². The molecule has 2 N–H and O–H groups in total. The normalized spacial score (nSPS) is 20.8. The molecule has 1 fully saturated rings. The maximum Gasteiger partial charge on any atom is 0.231 e. The van der Waals surface area contributed by atoms with Crippen LogP contribution < -0.4 is 5.73 Å². The van der Waals surface area contributed by atoms with E-state index in [1.807, 2.05) is 4.90 Å². The average molecular weight is 143 g/mol. The number of primary amides is 1. The van der Waals surface area contributed by atoms with Crippen molar-refractivity contribution in [2.75, 3.05) is 26.2 Å². The molecule has 4 heteroatoms. The van der Waals surface area contributed by atoms with Gasteiger partial charge in [0.2, 0.25) is 5.91 Å². The molecular formula is C6H11N2O2. The molecule has 1 radical (unpaired) electrons.